The highest BCUT2D eigenvalue weighted by Gasteiger charge is 2.35. The van der Waals surface area contributed by atoms with E-state index in [4.69, 9.17) is 4.74 Å². The van der Waals surface area contributed by atoms with Crippen molar-refractivity contribution in [1.29, 1.82) is 0 Å². The van der Waals surface area contributed by atoms with Crippen molar-refractivity contribution in [3.63, 3.8) is 0 Å². The van der Waals surface area contributed by atoms with E-state index in [2.05, 4.69) is 5.32 Å². The fourth-order valence-corrected chi connectivity index (χ4v) is 5.81. The first-order chi connectivity index (χ1) is 15.9. The van der Waals surface area contributed by atoms with Crippen LogP contribution >= 0.6 is 0 Å². The van der Waals surface area contributed by atoms with Crippen LogP contribution in [0.1, 0.15) is 32.1 Å². The lowest BCUT2D eigenvalue weighted by atomic mass is 10.1. The van der Waals surface area contributed by atoms with Crippen LogP contribution in [0.15, 0.2) is 53.4 Å². The van der Waals surface area contributed by atoms with Gasteiger partial charge in [-0.2, -0.15) is 4.31 Å². The van der Waals surface area contributed by atoms with Crippen molar-refractivity contribution in [2.24, 2.45) is 5.92 Å². The van der Waals surface area contributed by atoms with Gasteiger partial charge < -0.3 is 15.0 Å². The number of nitrogens with zero attached hydrogens (tertiary/aromatic N) is 2. The van der Waals surface area contributed by atoms with Gasteiger partial charge >= 0.3 is 0 Å². The number of nitrogens with one attached hydrogen (secondary N) is 1. The molecule has 2 fully saturated rings. The summed E-state index contributed by atoms with van der Waals surface area (Å²) < 4.78 is 32.6. The molecule has 0 aliphatic carbocycles. The molecular formula is C24H29N3O5S. The van der Waals surface area contributed by atoms with E-state index in [1.54, 1.807) is 46.6 Å². The highest BCUT2D eigenvalue weighted by molar-refractivity contribution is 7.89. The molecule has 2 aliphatic rings. The van der Waals surface area contributed by atoms with Gasteiger partial charge in [-0.05, 0) is 49.2 Å². The molecule has 0 bridgehead atoms. The zero-order valence-corrected chi connectivity index (χ0v) is 19.5. The summed E-state index contributed by atoms with van der Waals surface area (Å²) in [5.74, 6) is -0.244. The van der Waals surface area contributed by atoms with Crippen molar-refractivity contribution in [2.75, 3.05) is 37.0 Å². The van der Waals surface area contributed by atoms with Gasteiger partial charge in [-0.3, -0.25) is 9.59 Å². The van der Waals surface area contributed by atoms with Gasteiger partial charge in [0.1, 0.15) is 5.75 Å². The second kappa shape index (κ2) is 9.93. The first kappa shape index (κ1) is 23.3. The Balaban J connectivity index is 1.40. The molecule has 176 valence electrons. The van der Waals surface area contributed by atoms with Crippen LogP contribution in [0.3, 0.4) is 0 Å². The Morgan fingerprint density at radius 1 is 1.03 bits per heavy atom. The molecule has 2 aromatic carbocycles. The number of methoxy groups -OCH3 is 1. The second-order valence-corrected chi connectivity index (χ2v) is 10.4. The zero-order chi connectivity index (χ0) is 23.4. The predicted molar refractivity (Wildman–Crippen MR) is 126 cm³/mol. The van der Waals surface area contributed by atoms with Crippen LogP contribution in [-0.4, -0.2) is 51.3 Å². The van der Waals surface area contributed by atoms with Gasteiger partial charge in [-0.1, -0.05) is 18.9 Å². The van der Waals surface area contributed by atoms with E-state index < -0.39 is 15.9 Å². The SMILES string of the molecule is COc1cccc(N2C[C@H](C(=O)Nc3ccc(S(=O)(=O)N4CCCCCC4)cc3)CC2=O)c1. The maximum absolute atomic E-state index is 12.9. The number of carbonyl (C=O) groups excluding carboxylic acids is 2. The average molecular weight is 472 g/mol. The van der Waals surface area contributed by atoms with Crippen molar-refractivity contribution in [3.8, 4) is 5.75 Å². The molecule has 1 atom stereocenters. The molecule has 2 aliphatic heterocycles. The van der Waals surface area contributed by atoms with Crippen molar-refractivity contribution in [2.45, 2.75) is 37.0 Å². The van der Waals surface area contributed by atoms with E-state index in [0.29, 0.717) is 30.2 Å². The van der Waals surface area contributed by atoms with Crippen molar-refractivity contribution in [3.05, 3.63) is 48.5 Å². The number of ether oxygens (including phenoxy) is 1. The van der Waals surface area contributed by atoms with Gasteiger partial charge in [0, 0.05) is 43.5 Å². The van der Waals surface area contributed by atoms with E-state index in [-0.39, 0.29) is 29.7 Å². The molecule has 0 saturated carbocycles. The molecule has 4 rings (SSSR count). The molecule has 0 spiro atoms. The van der Waals surface area contributed by atoms with E-state index in [0.717, 1.165) is 25.7 Å². The van der Waals surface area contributed by atoms with E-state index >= 15 is 0 Å². The number of benzene rings is 2. The Kier molecular flexibility index (Phi) is 6.99. The number of hydrogen-bond acceptors (Lipinski definition) is 5. The highest BCUT2D eigenvalue weighted by atomic mass is 32.2. The van der Waals surface area contributed by atoms with Gasteiger partial charge in [-0.15, -0.1) is 0 Å². The van der Waals surface area contributed by atoms with Crippen molar-refractivity contribution < 1.29 is 22.7 Å². The largest absolute Gasteiger partial charge is 0.497 e. The number of sulfonamides is 1. The Morgan fingerprint density at radius 3 is 2.39 bits per heavy atom. The molecule has 1 N–H and O–H groups in total. The maximum atomic E-state index is 12.9. The first-order valence-corrected chi connectivity index (χ1v) is 12.7. The minimum Gasteiger partial charge on any atom is -0.497 e. The third kappa shape index (κ3) is 5.20. The summed E-state index contributed by atoms with van der Waals surface area (Å²) in [6, 6.07) is 13.4. The second-order valence-electron chi connectivity index (χ2n) is 8.44. The molecule has 2 amide bonds. The molecule has 2 saturated heterocycles. The minimum absolute atomic E-state index is 0.116. The lowest BCUT2D eigenvalue weighted by Crippen LogP contribution is -2.32. The molecule has 0 aromatic heterocycles. The maximum Gasteiger partial charge on any atom is 0.243 e. The van der Waals surface area contributed by atoms with Gasteiger partial charge in [0.25, 0.3) is 0 Å². The van der Waals surface area contributed by atoms with Crippen LogP contribution in [-0.2, 0) is 19.6 Å². The summed E-state index contributed by atoms with van der Waals surface area (Å²) in [5.41, 5.74) is 1.19. The van der Waals surface area contributed by atoms with Gasteiger partial charge in [0.2, 0.25) is 21.8 Å². The van der Waals surface area contributed by atoms with Gasteiger partial charge in [0.15, 0.2) is 0 Å². The Morgan fingerprint density at radius 2 is 1.73 bits per heavy atom. The Hall–Kier alpha value is -2.91. The number of amides is 2. The quantitative estimate of drug-likeness (QED) is 0.698. The molecule has 9 heteroatoms. The summed E-state index contributed by atoms with van der Waals surface area (Å²) in [6.07, 6.45) is 3.97. The molecule has 33 heavy (non-hydrogen) atoms. The highest BCUT2D eigenvalue weighted by Crippen LogP contribution is 2.29. The predicted octanol–water partition coefficient (Wildman–Crippen LogP) is 3.25. The topological polar surface area (TPSA) is 96.0 Å². The monoisotopic (exact) mass is 471 g/mol. The summed E-state index contributed by atoms with van der Waals surface area (Å²) in [4.78, 5) is 27.1. The smallest absolute Gasteiger partial charge is 0.243 e. The molecule has 0 unspecified atom stereocenters. The molecule has 2 heterocycles. The molecule has 8 nitrogen and oxygen atoms in total. The average Bonchev–Trinajstić information content (AvgIpc) is 3.02. The van der Waals surface area contributed by atoms with Gasteiger partial charge in [0.05, 0.1) is 17.9 Å². The fourth-order valence-electron chi connectivity index (χ4n) is 4.30. The third-order valence-corrected chi connectivity index (χ3v) is 8.10. The van der Waals surface area contributed by atoms with Crippen LogP contribution < -0.4 is 15.0 Å². The number of hydrogen-bond donors (Lipinski definition) is 1. The van der Waals surface area contributed by atoms with Crippen LogP contribution in [0.4, 0.5) is 11.4 Å². The van der Waals surface area contributed by atoms with Crippen LogP contribution in [0.25, 0.3) is 0 Å². The first-order valence-electron chi connectivity index (χ1n) is 11.2. The normalized spacial score (nSPS) is 19.8. The third-order valence-electron chi connectivity index (χ3n) is 6.19. The summed E-state index contributed by atoms with van der Waals surface area (Å²) in [5, 5.41) is 2.82. The Bertz CT molecular complexity index is 1110. The number of rotatable bonds is 6. The minimum atomic E-state index is -3.54. The molecule has 2 aromatic rings. The molecular weight excluding hydrogens is 442 g/mol. The van der Waals surface area contributed by atoms with E-state index in [9.17, 15) is 18.0 Å². The van der Waals surface area contributed by atoms with E-state index in [1.807, 2.05) is 6.07 Å². The summed E-state index contributed by atoms with van der Waals surface area (Å²) >= 11 is 0. The zero-order valence-electron chi connectivity index (χ0n) is 18.7. The van der Waals surface area contributed by atoms with Crippen LogP contribution in [0.2, 0.25) is 0 Å². The number of carbonyl (C=O) groups is 2. The van der Waals surface area contributed by atoms with Crippen LogP contribution in [0, 0.1) is 5.92 Å². The summed E-state index contributed by atoms with van der Waals surface area (Å²) in [7, 11) is -1.98. The van der Waals surface area contributed by atoms with Gasteiger partial charge in [-0.25, -0.2) is 8.42 Å². The van der Waals surface area contributed by atoms with Crippen molar-refractivity contribution >= 4 is 33.2 Å². The molecule has 0 radical (unpaired) electrons. The van der Waals surface area contributed by atoms with Crippen molar-refractivity contribution in [1.82, 2.24) is 4.31 Å². The summed E-state index contributed by atoms with van der Waals surface area (Å²) in [6.45, 7) is 1.36. The van der Waals surface area contributed by atoms with E-state index in [1.165, 1.54) is 12.1 Å². The van der Waals surface area contributed by atoms with Crippen LogP contribution in [0.5, 0.6) is 5.75 Å². The standard InChI is InChI=1S/C24H29N3O5S/c1-32-21-8-6-7-20(16-21)27-17-18(15-23(27)28)24(29)25-19-9-11-22(12-10-19)33(30,31)26-13-4-2-3-5-14-26/h6-12,16,18H,2-5,13-15,17H2,1H3,(H,25,29)/t18-/m1/s1. The Labute approximate surface area is 194 Å². The lowest BCUT2D eigenvalue weighted by molar-refractivity contribution is -0.122. The fraction of sp³-hybridized carbons (Fsp3) is 0.417. The number of anilines is 2. The lowest BCUT2D eigenvalue weighted by Gasteiger charge is -2.20.